The van der Waals surface area contributed by atoms with E-state index in [1.807, 2.05) is 29.2 Å². The number of amides is 2. The SMILES string of the molecule is CCCCCCNC(=O)N1CCN(c2ccc(C3CC(C(=O)O)=NO3)cc2)CC1. The fourth-order valence-corrected chi connectivity index (χ4v) is 3.61. The van der Waals surface area contributed by atoms with Crippen LogP contribution in [0.2, 0.25) is 0 Å². The number of benzene rings is 1. The molecule has 8 heteroatoms. The van der Waals surface area contributed by atoms with Gasteiger partial charge in [-0.1, -0.05) is 43.5 Å². The molecule has 1 fully saturated rings. The van der Waals surface area contributed by atoms with E-state index in [-0.39, 0.29) is 24.3 Å². The number of unbranched alkanes of at least 4 members (excludes halogenated alkanes) is 3. The number of carboxylic acid groups (broad SMARTS) is 1. The summed E-state index contributed by atoms with van der Waals surface area (Å²) < 4.78 is 0. The number of carbonyl (C=O) groups excluding carboxylic acids is 1. The topological polar surface area (TPSA) is 94.5 Å². The first-order valence-corrected chi connectivity index (χ1v) is 10.4. The second kappa shape index (κ2) is 10.1. The first-order valence-electron chi connectivity index (χ1n) is 10.4. The van der Waals surface area contributed by atoms with Gasteiger partial charge < -0.3 is 25.1 Å². The molecule has 1 unspecified atom stereocenters. The highest BCUT2D eigenvalue weighted by molar-refractivity contribution is 6.35. The van der Waals surface area contributed by atoms with Gasteiger partial charge in [0.2, 0.25) is 0 Å². The van der Waals surface area contributed by atoms with Gasteiger partial charge >= 0.3 is 12.0 Å². The van der Waals surface area contributed by atoms with Crippen molar-refractivity contribution in [3.8, 4) is 0 Å². The summed E-state index contributed by atoms with van der Waals surface area (Å²) in [7, 11) is 0. The highest BCUT2D eigenvalue weighted by Gasteiger charge is 2.27. The van der Waals surface area contributed by atoms with Crippen LogP contribution in [-0.4, -0.2) is 60.4 Å². The Kier molecular flexibility index (Phi) is 7.32. The number of carbonyl (C=O) groups is 2. The van der Waals surface area contributed by atoms with Crippen LogP contribution in [0.1, 0.15) is 50.7 Å². The number of nitrogens with zero attached hydrogens (tertiary/aromatic N) is 3. The van der Waals surface area contributed by atoms with Gasteiger partial charge in [0, 0.05) is 44.8 Å². The molecule has 0 saturated carbocycles. The molecule has 2 heterocycles. The molecule has 2 N–H and O–H groups in total. The minimum absolute atomic E-state index is 0.0316. The van der Waals surface area contributed by atoms with Crippen molar-refractivity contribution < 1.29 is 19.5 Å². The monoisotopic (exact) mass is 402 g/mol. The predicted octanol–water partition coefficient (Wildman–Crippen LogP) is 3.00. The summed E-state index contributed by atoms with van der Waals surface area (Å²) in [5, 5.41) is 15.6. The Hall–Kier alpha value is -2.77. The third-order valence-corrected chi connectivity index (χ3v) is 5.42. The number of rotatable bonds is 8. The summed E-state index contributed by atoms with van der Waals surface area (Å²) in [6, 6.07) is 7.97. The molecular weight excluding hydrogens is 372 g/mol. The Morgan fingerprint density at radius 1 is 1.14 bits per heavy atom. The average molecular weight is 402 g/mol. The van der Waals surface area contributed by atoms with E-state index in [1.165, 1.54) is 12.8 Å². The van der Waals surface area contributed by atoms with Gasteiger partial charge in [-0.15, -0.1) is 0 Å². The highest BCUT2D eigenvalue weighted by Crippen LogP contribution is 2.29. The minimum Gasteiger partial charge on any atom is -0.477 e. The molecule has 0 aliphatic carbocycles. The number of anilines is 1. The first kappa shape index (κ1) is 21.0. The number of carboxylic acids is 1. The molecule has 0 radical (unpaired) electrons. The van der Waals surface area contributed by atoms with Crippen molar-refractivity contribution in [2.24, 2.45) is 5.16 Å². The predicted molar refractivity (Wildman–Crippen MR) is 111 cm³/mol. The highest BCUT2D eigenvalue weighted by atomic mass is 16.6. The molecule has 1 atom stereocenters. The Balaban J connectivity index is 1.43. The number of piperazine rings is 1. The number of hydrogen-bond acceptors (Lipinski definition) is 5. The Labute approximate surface area is 171 Å². The van der Waals surface area contributed by atoms with Gasteiger partial charge in [0.1, 0.15) is 0 Å². The summed E-state index contributed by atoms with van der Waals surface area (Å²) in [6.07, 6.45) is 4.55. The van der Waals surface area contributed by atoms with Gasteiger partial charge in [-0.25, -0.2) is 9.59 Å². The van der Waals surface area contributed by atoms with E-state index in [9.17, 15) is 9.59 Å². The third-order valence-electron chi connectivity index (χ3n) is 5.42. The number of urea groups is 1. The van der Waals surface area contributed by atoms with Crippen LogP contribution in [0.3, 0.4) is 0 Å². The molecule has 0 aromatic heterocycles. The lowest BCUT2D eigenvalue weighted by molar-refractivity contribution is -0.129. The molecule has 0 spiro atoms. The summed E-state index contributed by atoms with van der Waals surface area (Å²) >= 11 is 0. The van der Waals surface area contributed by atoms with Crippen molar-refractivity contribution in [2.45, 2.75) is 45.1 Å². The summed E-state index contributed by atoms with van der Waals surface area (Å²) in [5.41, 5.74) is 2.06. The van der Waals surface area contributed by atoms with E-state index < -0.39 is 5.97 Å². The first-order chi connectivity index (χ1) is 14.1. The molecule has 3 rings (SSSR count). The van der Waals surface area contributed by atoms with Gasteiger partial charge in [0.15, 0.2) is 11.8 Å². The molecule has 8 nitrogen and oxygen atoms in total. The second-order valence-corrected chi connectivity index (χ2v) is 7.50. The van der Waals surface area contributed by atoms with Crippen LogP contribution in [0.4, 0.5) is 10.5 Å². The van der Waals surface area contributed by atoms with Crippen molar-refractivity contribution in [1.82, 2.24) is 10.2 Å². The van der Waals surface area contributed by atoms with E-state index in [0.29, 0.717) is 13.1 Å². The maximum atomic E-state index is 12.3. The van der Waals surface area contributed by atoms with Gasteiger partial charge in [-0.05, 0) is 24.1 Å². The van der Waals surface area contributed by atoms with E-state index in [4.69, 9.17) is 9.94 Å². The van der Waals surface area contributed by atoms with Crippen LogP contribution in [0, 0.1) is 0 Å². The summed E-state index contributed by atoms with van der Waals surface area (Å²) in [6.45, 7) is 5.90. The lowest BCUT2D eigenvalue weighted by Crippen LogP contribution is -2.52. The van der Waals surface area contributed by atoms with E-state index in [1.54, 1.807) is 0 Å². The Morgan fingerprint density at radius 3 is 2.48 bits per heavy atom. The minimum atomic E-state index is -1.04. The van der Waals surface area contributed by atoms with Crippen LogP contribution in [0.15, 0.2) is 29.4 Å². The van der Waals surface area contributed by atoms with Gasteiger partial charge in [0.25, 0.3) is 0 Å². The largest absolute Gasteiger partial charge is 0.477 e. The molecule has 2 aliphatic rings. The zero-order valence-corrected chi connectivity index (χ0v) is 17.0. The third kappa shape index (κ3) is 5.62. The lowest BCUT2D eigenvalue weighted by atomic mass is 10.0. The fraction of sp³-hybridized carbons (Fsp3) is 0.571. The fourth-order valence-electron chi connectivity index (χ4n) is 3.61. The second-order valence-electron chi connectivity index (χ2n) is 7.50. The van der Waals surface area contributed by atoms with Gasteiger partial charge in [-0.3, -0.25) is 0 Å². The molecule has 1 aromatic carbocycles. The zero-order chi connectivity index (χ0) is 20.6. The average Bonchev–Trinajstić information content (AvgIpc) is 3.24. The van der Waals surface area contributed by atoms with Crippen LogP contribution < -0.4 is 10.2 Å². The molecule has 29 heavy (non-hydrogen) atoms. The van der Waals surface area contributed by atoms with Gasteiger partial charge in [-0.2, -0.15) is 0 Å². The lowest BCUT2D eigenvalue weighted by Gasteiger charge is -2.36. The molecule has 2 amide bonds. The van der Waals surface area contributed by atoms with Crippen molar-refractivity contribution >= 4 is 23.4 Å². The maximum Gasteiger partial charge on any atom is 0.353 e. The van der Waals surface area contributed by atoms with E-state index in [2.05, 4.69) is 22.3 Å². The van der Waals surface area contributed by atoms with Crippen LogP contribution in [0.25, 0.3) is 0 Å². The molecular formula is C21H30N4O4. The summed E-state index contributed by atoms with van der Waals surface area (Å²) in [5.74, 6) is -1.04. The normalized spacial score (nSPS) is 18.9. The van der Waals surface area contributed by atoms with E-state index in [0.717, 1.165) is 43.7 Å². The molecule has 0 bridgehead atoms. The molecule has 1 aromatic rings. The Morgan fingerprint density at radius 2 is 1.86 bits per heavy atom. The van der Waals surface area contributed by atoms with Crippen LogP contribution >= 0.6 is 0 Å². The standard InChI is InChI=1S/C21H30N4O4/c1-2-3-4-5-10-22-21(28)25-13-11-24(12-14-25)17-8-6-16(7-9-17)19-15-18(20(26)27)23-29-19/h6-9,19H,2-5,10-15H2,1H3,(H,22,28)(H,26,27). The molecule has 2 aliphatic heterocycles. The number of hydrogen-bond donors (Lipinski definition) is 2. The smallest absolute Gasteiger partial charge is 0.353 e. The van der Waals surface area contributed by atoms with Crippen molar-refractivity contribution in [3.63, 3.8) is 0 Å². The summed E-state index contributed by atoms with van der Waals surface area (Å²) in [4.78, 5) is 32.6. The van der Waals surface area contributed by atoms with E-state index >= 15 is 0 Å². The number of oxime groups is 1. The van der Waals surface area contributed by atoms with Crippen molar-refractivity contribution in [1.29, 1.82) is 0 Å². The van der Waals surface area contributed by atoms with Crippen molar-refractivity contribution in [2.75, 3.05) is 37.6 Å². The Bertz CT molecular complexity index is 727. The number of nitrogens with one attached hydrogen (secondary N) is 1. The molecule has 158 valence electrons. The van der Waals surface area contributed by atoms with Crippen LogP contribution in [-0.2, 0) is 9.63 Å². The van der Waals surface area contributed by atoms with Crippen LogP contribution in [0.5, 0.6) is 0 Å². The number of aliphatic carboxylic acids is 1. The molecule has 1 saturated heterocycles. The zero-order valence-electron chi connectivity index (χ0n) is 17.0. The van der Waals surface area contributed by atoms with Crippen molar-refractivity contribution in [3.05, 3.63) is 29.8 Å². The van der Waals surface area contributed by atoms with Gasteiger partial charge in [0.05, 0.1) is 0 Å². The quantitative estimate of drug-likeness (QED) is 0.652. The maximum absolute atomic E-state index is 12.3.